The molecular weight excluding hydrogens is 194 g/mol. The SMILES string of the molecule is CCCC(C)C(CC)(CN)c1ccccc1. The summed E-state index contributed by atoms with van der Waals surface area (Å²) in [6.45, 7) is 7.59. The minimum Gasteiger partial charge on any atom is -0.330 e. The van der Waals surface area contributed by atoms with E-state index < -0.39 is 0 Å². The van der Waals surface area contributed by atoms with Crippen LogP contribution in [0.4, 0.5) is 0 Å². The zero-order valence-corrected chi connectivity index (χ0v) is 10.9. The maximum atomic E-state index is 6.08. The summed E-state index contributed by atoms with van der Waals surface area (Å²) in [5.74, 6) is 0.648. The highest BCUT2D eigenvalue weighted by molar-refractivity contribution is 5.26. The van der Waals surface area contributed by atoms with E-state index in [2.05, 4.69) is 51.1 Å². The van der Waals surface area contributed by atoms with Crippen molar-refractivity contribution < 1.29 is 0 Å². The predicted molar refractivity (Wildman–Crippen MR) is 71.5 cm³/mol. The molecule has 1 nitrogen and oxygen atoms in total. The van der Waals surface area contributed by atoms with Crippen molar-refractivity contribution in [1.29, 1.82) is 0 Å². The van der Waals surface area contributed by atoms with Gasteiger partial charge in [-0.3, -0.25) is 0 Å². The van der Waals surface area contributed by atoms with Crippen LogP contribution in [0.2, 0.25) is 0 Å². The van der Waals surface area contributed by atoms with Crippen molar-refractivity contribution in [3.63, 3.8) is 0 Å². The van der Waals surface area contributed by atoms with Crippen molar-refractivity contribution in [3.8, 4) is 0 Å². The molecule has 0 aliphatic rings. The first-order valence-corrected chi connectivity index (χ1v) is 6.46. The van der Waals surface area contributed by atoms with Crippen LogP contribution in [0.15, 0.2) is 30.3 Å². The third-order valence-electron chi connectivity index (χ3n) is 4.01. The van der Waals surface area contributed by atoms with Crippen LogP contribution in [0.3, 0.4) is 0 Å². The zero-order valence-electron chi connectivity index (χ0n) is 10.9. The largest absolute Gasteiger partial charge is 0.330 e. The van der Waals surface area contributed by atoms with Gasteiger partial charge in [0.1, 0.15) is 0 Å². The van der Waals surface area contributed by atoms with E-state index in [1.54, 1.807) is 0 Å². The van der Waals surface area contributed by atoms with Gasteiger partial charge < -0.3 is 5.73 Å². The van der Waals surface area contributed by atoms with E-state index in [9.17, 15) is 0 Å². The zero-order chi connectivity index (χ0) is 12.0. The van der Waals surface area contributed by atoms with Gasteiger partial charge in [0.15, 0.2) is 0 Å². The van der Waals surface area contributed by atoms with Gasteiger partial charge in [0.25, 0.3) is 0 Å². The third-order valence-corrected chi connectivity index (χ3v) is 4.01. The van der Waals surface area contributed by atoms with Gasteiger partial charge in [0.05, 0.1) is 0 Å². The van der Waals surface area contributed by atoms with Crippen molar-refractivity contribution in [1.82, 2.24) is 0 Å². The van der Waals surface area contributed by atoms with Gasteiger partial charge in [-0.25, -0.2) is 0 Å². The second-order valence-corrected chi connectivity index (χ2v) is 4.77. The Bertz CT molecular complexity index is 288. The summed E-state index contributed by atoms with van der Waals surface area (Å²) >= 11 is 0. The molecule has 0 aliphatic carbocycles. The van der Waals surface area contributed by atoms with Crippen LogP contribution in [0.25, 0.3) is 0 Å². The van der Waals surface area contributed by atoms with E-state index in [0.717, 1.165) is 13.0 Å². The van der Waals surface area contributed by atoms with Crippen LogP contribution in [0.5, 0.6) is 0 Å². The molecule has 2 unspecified atom stereocenters. The van der Waals surface area contributed by atoms with Gasteiger partial charge in [0.2, 0.25) is 0 Å². The molecule has 0 aliphatic heterocycles. The van der Waals surface area contributed by atoms with Gasteiger partial charge in [-0.05, 0) is 17.9 Å². The minimum atomic E-state index is 0.164. The quantitative estimate of drug-likeness (QED) is 0.775. The van der Waals surface area contributed by atoms with E-state index in [-0.39, 0.29) is 5.41 Å². The number of hydrogen-bond donors (Lipinski definition) is 1. The Hall–Kier alpha value is -0.820. The van der Waals surface area contributed by atoms with Crippen molar-refractivity contribution in [2.24, 2.45) is 11.7 Å². The normalized spacial score (nSPS) is 16.8. The Morgan fingerprint density at radius 1 is 1.19 bits per heavy atom. The molecule has 90 valence electrons. The maximum Gasteiger partial charge on any atom is 0.00984 e. The molecule has 1 rings (SSSR count). The molecule has 0 bridgehead atoms. The molecule has 0 fully saturated rings. The van der Waals surface area contributed by atoms with Gasteiger partial charge in [-0.2, -0.15) is 0 Å². The van der Waals surface area contributed by atoms with E-state index in [4.69, 9.17) is 5.73 Å². The van der Waals surface area contributed by atoms with Crippen LogP contribution in [-0.2, 0) is 5.41 Å². The van der Waals surface area contributed by atoms with Gasteiger partial charge in [-0.15, -0.1) is 0 Å². The molecule has 0 spiro atoms. The molecule has 2 N–H and O–H groups in total. The molecule has 1 heteroatoms. The first-order valence-electron chi connectivity index (χ1n) is 6.46. The standard InChI is InChI=1S/C15H25N/c1-4-9-13(3)15(5-2,12-16)14-10-7-6-8-11-14/h6-8,10-11,13H,4-5,9,12,16H2,1-3H3. The summed E-state index contributed by atoms with van der Waals surface area (Å²) in [5.41, 5.74) is 7.65. The van der Waals surface area contributed by atoms with Crippen molar-refractivity contribution in [3.05, 3.63) is 35.9 Å². The molecule has 1 aromatic rings. The first kappa shape index (κ1) is 13.2. The molecule has 16 heavy (non-hydrogen) atoms. The van der Waals surface area contributed by atoms with Crippen LogP contribution in [0, 0.1) is 5.92 Å². The van der Waals surface area contributed by atoms with Crippen molar-refractivity contribution in [2.45, 2.75) is 45.4 Å². The van der Waals surface area contributed by atoms with Crippen LogP contribution >= 0.6 is 0 Å². The molecule has 0 saturated carbocycles. The molecule has 0 heterocycles. The average Bonchev–Trinajstić information content (AvgIpc) is 2.33. The monoisotopic (exact) mass is 219 g/mol. The maximum absolute atomic E-state index is 6.08. The first-order chi connectivity index (χ1) is 7.71. The predicted octanol–water partition coefficient (Wildman–Crippen LogP) is 3.73. The molecule has 0 aromatic heterocycles. The lowest BCUT2D eigenvalue weighted by molar-refractivity contribution is 0.267. The number of hydrogen-bond acceptors (Lipinski definition) is 1. The number of rotatable bonds is 6. The van der Waals surface area contributed by atoms with Gasteiger partial charge in [-0.1, -0.05) is 63.9 Å². The van der Waals surface area contributed by atoms with E-state index in [0.29, 0.717) is 5.92 Å². The topological polar surface area (TPSA) is 26.0 Å². The molecule has 0 saturated heterocycles. The molecular formula is C15H25N. The number of nitrogens with two attached hydrogens (primary N) is 1. The summed E-state index contributed by atoms with van der Waals surface area (Å²) in [5, 5.41) is 0. The third kappa shape index (κ3) is 2.46. The van der Waals surface area contributed by atoms with Gasteiger partial charge in [0, 0.05) is 12.0 Å². The molecule has 0 amide bonds. The number of benzene rings is 1. The summed E-state index contributed by atoms with van der Waals surface area (Å²) in [6, 6.07) is 10.8. The summed E-state index contributed by atoms with van der Waals surface area (Å²) < 4.78 is 0. The Labute approximate surface area is 100 Å². The lowest BCUT2D eigenvalue weighted by atomic mass is 9.67. The highest BCUT2D eigenvalue weighted by Crippen LogP contribution is 2.37. The second kappa shape index (κ2) is 6.05. The molecule has 0 radical (unpaired) electrons. The Morgan fingerprint density at radius 2 is 1.81 bits per heavy atom. The Kier molecular flexibility index (Phi) is 5.01. The van der Waals surface area contributed by atoms with E-state index in [1.165, 1.54) is 18.4 Å². The van der Waals surface area contributed by atoms with Gasteiger partial charge >= 0.3 is 0 Å². The summed E-state index contributed by atoms with van der Waals surface area (Å²) in [7, 11) is 0. The summed E-state index contributed by atoms with van der Waals surface area (Å²) in [6.07, 6.45) is 3.60. The highest BCUT2D eigenvalue weighted by atomic mass is 14.6. The lowest BCUT2D eigenvalue weighted by Gasteiger charge is -2.38. The summed E-state index contributed by atoms with van der Waals surface area (Å²) in [4.78, 5) is 0. The van der Waals surface area contributed by atoms with Crippen LogP contribution in [0.1, 0.15) is 45.6 Å². The van der Waals surface area contributed by atoms with Crippen molar-refractivity contribution >= 4 is 0 Å². The molecule has 1 aromatic carbocycles. The Morgan fingerprint density at radius 3 is 2.25 bits per heavy atom. The van der Waals surface area contributed by atoms with Crippen LogP contribution in [-0.4, -0.2) is 6.54 Å². The highest BCUT2D eigenvalue weighted by Gasteiger charge is 2.34. The fourth-order valence-electron chi connectivity index (χ4n) is 2.78. The van der Waals surface area contributed by atoms with E-state index >= 15 is 0 Å². The average molecular weight is 219 g/mol. The van der Waals surface area contributed by atoms with Crippen molar-refractivity contribution in [2.75, 3.05) is 6.54 Å². The fourth-order valence-corrected chi connectivity index (χ4v) is 2.78. The van der Waals surface area contributed by atoms with E-state index in [1.807, 2.05) is 0 Å². The fraction of sp³-hybridized carbons (Fsp3) is 0.600. The second-order valence-electron chi connectivity index (χ2n) is 4.77. The lowest BCUT2D eigenvalue weighted by Crippen LogP contribution is -2.40. The van der Waals surface area contributed by atoms with Crippen LogP contribution < -0.4 is 5.73 Å². The minimum absolute atomic E-state index is 0.164. The smallest absolute Gasteiger partial charge is 0.00984 e. The Balaban J connectivity index is 3.05. The molecule has 2 atom stereocenters.